The molecule has 0 radical (unpaired) electrons. The van der Waals surface area contributed by atoms with Crippen molar-refractivity contribution < 1.29 is 32.5 Å². The van der Waals surface area contributed by atoms with E-state index in [-0.39, 0.29) is 18.8 Å². The number of hydrogen-bond acceptors (Lipinski definition) is 4. The number of rotatable bonds is 4. The Kier molecular flexibility index (Phi) is 5.30. The number of anilines is 2. The zero-order chi connectivity index (χ0) is 25.0. The van der Waals surface area contributed by atoms with Crippen LogP contribution in [0.2, 0.25) is 0 Å². The first-order valence-corrected chi connectivity index (χ1v) is 11.0. The maximum atomic E-state index is 14.0. The highest BCUT2D eigenvalue weighted by Gasteiger charge is 2.72. The minimum Gasteiger partial charge on any atom is -0.406 e. The minimum atomic E-state index is -4.91. The van der Waals surface area contributed by atoms with E-state index in [0.29, 0.717) is 11.4 Å². The molecule has 0 aliphatic carbocycles. The first-order valence-electron chi connectivity index (χ1n) is 11.0. The number of aryl methyl sites for hydroxylation is 2. The summed E-state index contributed by atoms with van der Waals surface area (Å²) in [6, 6.07) is 18.8. The number of ether oxygens (including phenoxy) is 2. The van der Waals surface area contributed by atoms with Crippen LogP contribution in [0.5, 0.6) is 5.75 Å². The van der Waals surface area contributed by atoms with E-state index in [1.54, 1.807) is 36.4 Å². The van der Waals surface area contributed by atoms with Crippen molar-refractivity contribution in [3.05, 3.63) is 89.5 Å². The van der Waals surface area contributed by atoms with E-state index < -0.39 is 29.4 Å². The maximum Gasteiger partial charge on any atom is 0.573 e. The summed E-state index contributed by atoms with van der Waals surface area (Å²) in [4.78, 5) is 16.7. The van der Waals surface area contributed by atoms with E-state index in [9.17, 15) is 23.1 Å². The summed E-state index contributed by atoms with van der Waals surface area (Å²) in [6.45, 7) is 3.77. The van der Waals surface area contributed by atoms with Crippen molar-refractivity contribution >= 4 is 17.4 Å². The van der Waals surface area contributed by atoms with Gasteiger partial charge in [0.25, 0.3) is 0 Å². The van der Waals surface area contributed by atoms with Crippen molar-refractivity contribution in [1.29, 1.82) is 0 Å². The maximum absolute atomic E-state index is 14.0. The predicted molar refractivity (Wildman–Crippen MR) is 123 cm³/mol. The van der Waals surface area contributed by atoms with Gasteiger partial charge >= 0.3 is 12.4 Å². The van der Waals surface area contributed by atoms with Gasteiger partial charge in [0.1, 0.15) is 11.3 Å². The normalized spacial score (nSPS) is 21.4. The molecule has 2 aliphatic heterocycles. The molecule has 1 atom stereocenters. The molecule has 0 aromatic heterocycles. The predicted octanol–water partition coefficient (Wildman–Crippen LogP) is 5.26. The van der Waals surface area contributed by atoms with E-state index in [0.717, 1.165) is 23.3 Å². The lowest BCUT2D eigenvalue weighted by Gasteiger charge is -2.51. The lowest BCUT2D eigenvalue weighted by atomic mass is 9.78. The van der Waals surface area contributed by atoms with Crippen LogP contribution in [0.1, 0.15) is 16.7 Å². The number of aliphatic hydroxyl groups is 1. The van der Waals surface area contributed by atoms with Crippen molar-refractivity contribution in [2.75, 3.05) is 23.0 Å². The average molecular weight is 484 g/mol. The number of urea groups is 1. The molecule has 2 heterocycles. The number of halogens is 3. The molecule has 3 aromatic carbocycles. The van der Waals surface area contributed by atoms with E-state index >= 15 is 0 Å². The Balaban J connectivity index is 1.72. The molecule has 1 unspecified atom stereocenters. The van der Waals surface area contributed by atoms with Gasteiger partial charge in [0.05, 0.1) is 13.2 Å². The second-order valence-electron chi connectivity index (χ2n) is 8.90. The summed E-state index contributed by atoms with van der Waals surface area (Å²) in [5, 5.41) is 12.4. The highest BCUT2D eigenvalue weighted by Crippen LogP contribution is 2.54. The van der Waals surface area contributed by atoms with Crippen LogP contribution in [-0.4, -0.2) is 36.3 Å². The summed E-state index contributed by atoms with van der Waals surface area (Å²) in [5.41, 5.74) is -0.408. The summed E-state index contributed by atoms with van der Waals surface area (Å²) >= 11 is 0. The molecule has 2 saturated heterocycles. The highest BCUT2D eigenvalue weighted by molar-refractivity contribution is 6.09. The van der Waals surface area contributed by atoms with E-state index in [4.69, 9.17) is 4.74 Å². The minimum absolute atomic E-state index is 0.0180. The van der Waals surface area contributed by atoms with Crippen LogP contribution in [0.3, 0.4) is 0 Å². The lowest BCUT2D eigenvalue weighted by Crippen LogP contribution is -2.70. The van der Waals surface area contributed by atoms with Gasteiger partial charge in [-0.05, 0) is 50.2 Å². The lowest BCUT2D eigenvalue weighted by molar-refractivity contribution is -0.274. The Labute approximate surface area is 200 Å². The Morgan fingerprint density at radius 3 is 1.91 bits per heavy atom. The van der Waals surface area contributed by atoms with Crippen LogP contribution in [0, 0.1) is 13.8 Å². The largest absolute Gasteiger partial charge is 0.573 e. The number of benzene rings is 3. The summed E-state index contributed by atoms with van der Waals surface area (Å²) in [7, 11) is 0. The third-order valence-electron chi connectivity index (χ3n) is 6.52. The quantitative estimate of drug-likeness (QED) is 0.549. The van der Waals surface area contributed by atoms with Gasteiger partial charge < -0.3 is 14.6 Å². The Bertz CT molecular complexity index is 1260. The van der Waals surface area contributed by atoms with Gasteiger partial charge in [-0.15, -0.1) is 13.2 Å². The molecule has 5 rings (SSSR count). The van der Waals surface area contributed by atoms with Gasteiger partial charge in [-0.2, -0.15) is 0 Å². The fourth-order valence-corrected chi connectivity index (χ4v) is 4.76. The van der Waals surface area contributed by atoms with Gasteiger partial charge in [-0.25, -0.2) is 4.79 Å². The molecule has 2 aliphatic rings. The highest BCUT2D eigenvalue weighted by atomic mass is 19.4. The van der Waals surface area contributed by atoms with Crippen LogP contribution < -0.4 is 14.5 Å². The van der Waals surface area contributed by atoms with Crippen molar-refractivity contribution in [3.63, 3.8) is 0 Å². The molecule has 182 valence electrons. The number of nitrogens with zero attached hydrogens (tertiary/aromatic N) is 2. The molecule has 9 heteroatoms. The fraction of sp³-hybridized carbons (Fsp3) is 0.269. The van der Waals surface area contributed by atoms with Crippen molar-refractivity contribution in [3.8, 4) is 5.75 Å². The van der Waals surface area contributed by atoms with Gasteiger partial charge in [0, 0.05) is 16.9 Å². The smallest absolute Gasteiger partial charge is 0.406 e. The topological polar surface area (TPSA) is 62.2 Å². The monoisotopic (exact) mass is 484 g/mol. The van der Waals surface area contributed by atoms with Crippen LogP contribution in [0.15, 0.2) is 72.8 Å². The molecule has 2 fully saturated rings. The second-order valence-corrected chi connectivity index (χ2v) is 8.90. The second kappa shape index (κ2) is 8.00. The van der Waals surface area contributed by atoms with E-state index in [1.165, 1.54) is 21.9 Å². The van der Waals surface area contributed by atoms with Crippen molar-refractivity contribution in [2.45, 2.75) is 31.5 Å². The summed E-state index contributed by atoms with van der Waals surface area (Å²) < 4.78 is 48.5. The van der Waals surface area contributed by atoms with Crippen molar-refractivity contribution in [2.24, 2.45) is 0 Å². The Morgan fingerprint density at radius 1 is 0.886 bits per heavy atom. The van der Waals surface area contributed by atoms with Gasteiger partial charge in [0.2, 0.25) is 5.72 Å². The SMILES string of the molecule is Cc1ccc(N2C(=O)N(c3ccc(C)cc3)C(O)(c3cccc(OC(F)(F)F)c3)C23COC3)cc1. The summed E-state index contributed by atoms with van der Waals surface area (Å²) in [6.07, 6.45) is -4.91. The third-order valence-corrected chi connectivity index (χ3v) is 6.52. The number of alkyl halides is 3. The van der Waals surface area contributed by atoms with E-state index in [1.807, 2.05) is 26.0 Å². The Hall–Kier alpha value is -3.56. The number of carbonyl (C=O) groups is 1. The first-order chi connectivity index (χ1) is 16.5. The molecule has 0 bridgehead atoms. The number of amides is 2. The van der Waals surface area contributed by atoms with E-state index in [2.05, 4.69) is 4.74 Å². The zero-order valence-corrected chi connectivity index (χ0v) is 19.0. The molecule has 0 saturated carbocycles. The molecule has 1 N–H and O–H groups in total. The zero-order valence-electron chi connectivity index (χ0n) is 19.0. The van der Waals surface area contributed by atoms with Crippen LogP contribution >= 0.6 is 0 Å². The number of hydrogen-bond donors (Lipinski definition) is 1. The van der Waals surface area contributed by atoms with Crippen molar-refractivity contribution in [1.82, 2.24) is 0 Å². The van der Waals surface area contributed by atoms with Crippen LogP contribution in [0.4, 0.5) is 29.3 Å². The molecular formula is C26H23F3N2O4. The fourth-order valence-electron chi connectivity index (χ4n) is 4.76. The molecule has 6 nitrogen and oxygen atoms in total. The molecular weight excluding hydrogens is 461 g/mol. The third kappa shape index (κ3) is 3.62. The standard InChI is InChI=1S/C26H23F3N2O4/c1-17-6-10-20(11-7-17)30-23(32)31(21-12-8-18(2)9-13-21)25(33,24(30)15-34-16-24)19-4-3-5-22(14-19)35-26(27,28)29/h3-14,33H,15-16H2,1-2H3. The van der Waals surface area contributed by atoms with Crippen LogP contribution in [-0.2, 0) is 10.5 Å². The molecule has 35 heavy (non-hydrogen) atoms. The summed E-state index contributed by atoms with van der Waals surface area (Å²) in [5.74, 6) is -0.496. The number of carbonyl (C=O) groups excluding carboxylic acids is 1. The molecule has 3 aromatic rings. The van der Waals surface area contributed by atoms with Crippen LogP contribution in [0.25, 0.3) is 0 Å². The first kappa shape index (κ1) is 23.2. The van der Waals surface area contributed by atoms with Gasteiger partial charge in [-0.1, -0.05) is 47.5 Å². The van der Waals surface area contributed by atoms with Gasteiger partial charge in [-0.3, -0.25) is 9.80 Å². The van der Waals surface area contributed by atoms with Gasteiger partial charge in [0.15, 0.2) is 0 Å². The molecule has 1 spiro atoms. The Morgan fingerprint density at radius 2 is 1.43 bits per heavy atom. The average Bonchev–Trinajstić information content (AvgIpc) is 2.99. The molecule has 2 amide bonds.